The first kappa shape index (κ1) is 14.4. The second-order valence-corrected chi connectivity index (χ2v) is 5.64. The molecule has 0 saturated carbocycles. The van der Waals surface area contributed by atoms with Crippen molar-refractivity contribution in [3.63, 3.8) is 0 Å². The minimum Gasteiger partial charge on any atom is -0.491 e. The molecule has 114 valence electrons. The molecular formula is C16H22N2O3. The minimum absolute atomic E-state index is 0.0359. The molecule has 0 aliphatic carbocycles. The number of carbonyl (C=O) groups excluding carboxylic acids is 1. The summed E-state index contributed by atoms with van der Waals surface area (Å²) in [5.74, 6) is 0.689. The molecule has 5 nitrogen and oxygen atoms in total. The predicted molar refractivity (Wildman–Crippen MR) is 79.7 cm³/mol. The van der Waals surface area contributed by atoms with Gasteiger partial charge in [-0.05, 0) is 44.0 Å². The van der Waals surface area contributed by atoms with Gasteiger partial charge in [0.05, 0.1) is 6.10 Å². The van der Waals surface area contributed by atoms with Gasteiger partial charge in [0.25, 0.3) is 5.91 Å². The van der Waals surface area contributed by atoms with Gasteiger partial charge in [0.2, 0.25) is 0 Å². The van der Waals surface area contributed by atoms with Crippen LogP contribution in [0.2, 0.25) is 0 Å². The Morgan fingerprint density at radius 3 is 3.14 bits per heavy atom. The summed E-state index contributed by atoms with van der Waals surface area (Å²) in [6, 6.07) is 7.58. The minimum atomic E-state index is -0.0359. The molecule has 0 aromatic heterocycles. The Bertz CT molecular complexity index is 480. The van der Waals surface area contributed by atoms with E-state index in [2.05, 4.69) is 10.6 Å². The molecule has 2 N–H and O–H groups in total. The monoisotopic (exact) mass is 290 g/mol. The molecule has 1 aromatic rings. The summed E-state index contributed by atoms with van der Waals surface area (Å²) in [6.45, 7) is 3.19. The van der Waals surface area contributed by atoms with Crippen molar-refractivity contribution in [1.29, 1.82) is 0 Å². The van der Waals surface area contributed by atoms with Gasteiger partial charge < -0.3 is 20.1 Å². The summed E-state index contributed by atoms with van der Waals surface area (Å²) in [4.78, 5) is 12.2. The summed E-state index contributed by atoms with van der Waals surface area (Å²) in [5, 5.41) is 6.28. The molecule has 2 unspecified atom stereocenters. The molecule has 2 aliphatic rings. The zero-order valence-corrected chi connectivity index (χ0v) is 12.1. The quantitative estimate of drug-likeness (QED) is 0.859. The number of ether oxygens (including phenoxy) is 2. The summed E-state index contributed by atoms with van der Waals surface area (Å²) < 4.78 is 11.3. The van der Waals surface area contributed by atoms with Gasteiger partial charge in [-0.15, -0.1) is 0 Å². The third-order valence-electron chi connectivity index (χ3n) is 3.95. The summed E-state index contributed by atoms with van der Waals surface area (Å²) in [6.07, 6.45) is 3.33. The fraction of sp³-hybridized carbons (Fsp3) is 0.562. The topological polar surface area (TPSA) is 59.6 Å². The Balaban J connectivity index is 1.55. The highest BCUT2D eigenvalue weighted by molar-refractivity contribution is 5.94. The molecule has 2 heterocycles. The van der Waals surface area contributed by atoms with Crippen molar-refractivity contribution in [1.82, 2.24) is 10.6 Å². The smallest absolute Gasteiger partial charge is 0.251 e. The maximum atomic E-state index is 12.2. The molecule has 2 atom stereocenters. The Labute approximate surface area is 125 Å². The zero-order chi connectivity index (χ0) is 14.5. The number of benzene rings is 1. The van der Waals surface area contributed by atoms with Crippen molar-refractivity contribution in [3.05, 3.63) is 29.8 Å². The molecular weight excluding hydrogens is 268 g/mol. The summed E-state index contributed by atoms with van der Waals surface area (Å²) in [7, 11) is 0. The number of amides is 1. The van der Waals surface area contributed by atoms with E-state index in [0.717, 1.165) is 44.7 Å². The lowest BCUT2D eigenvalue weighted by Gasteiger charge is -2.14. The van der Waals surface area contributed by atoms with Gasteiger partial charge in [0.1, 0.15) is 12.4 Å². The van der Waals surface area contributed by atoms with Gasteiger partial charge >= 0.3 is 0 Å². The Morgan fingerprint density at radius 2 is 2.38 bits per heavy atom. The molecule has 1 aromatic carbocycles. The van der Waals surface area contributed by atoms with Crippen molar-refractivity contribution in [2.45, 2.75) is 31.4 Å². The average Bonchev–Trinajstić information content (AvgIpc) is 3.19. The van der Waals surface area contributed by atoms with Crippen LogP contribution in [0.5, 0.6) is 5.75 Å². The second-order valence-electron chi connectivity index (χ2n) is 5.64. The van der Waals surface area contributed by atoms with Crippen molar-refractivity contribution in [2.24, 2.45) is 0 Å². The van der Waals surface area contributed by atoms with Gasteiger partial charge in [-0.25, -0.2) is 0 Å². The van der Waals surface area contributed by atoms with Crippen LogP contribution in [-0.4, -0.2) is 44.4 Å². The van der Waals surface area contributed by atoms with E-state index in [0.29, 0.717) is 12.2 Å². The van der Waals surface area contributed by atoms with Crippen LogP contribution < -0.4 is 15.4 Å². The van der Waals surface area contributed by atoms with Crippen LogP contribution in [0.4, 0.5) is 0 Å². The third-order valence-corrected chi connectivity index (χ3v) is 3.95. The number of hydrogen-bond donors (Lipinski definition) is 2. The Morgan fingerprint density at radius 1 is 1.43 bits per heavy atom. The molecule has 2 fully saturated rings. The number of carbonyl (C=O) groups is 1. The van der Waals surface area contributed by atoms with Crippen molar-refractivity contribution >= 4 is 5.91 Å². The molecule has 21 heavy (non-hydrogen) atoms. The largest absolute Gasteiger partial charge is 0.491 e. The lowest BCUT2D eigenvalue weighted by atomic mass is 10.1. The fourth-order valence-corrected chi connectivity index (χ4v) is 2.74. The van der Waals surface area contributed by atoms with Crippen molar-refractivity contribution in [3.8, 4) is 5.75 Å². The van der Waals surface area contributed by atoms with E-state index >= 15 is 0 Å². The summed E-state index contributed by atoms with van der Waals surface area (Å²) in [5.41, 5.74) is 0.645. The predicted octanol–water partition coefficient (Wildman–Crippen LogP) is 1.34. The maximum Gasteiger partial charge on any atom is 0.251 e. The van der Waals surface area contributed by atoms with Gasteiger partial charge in [-0.1, -0.05) is 6.07 Å². The number of nitrogens with one attached hydrogen (secondary N) is 2. The van der Waals surface area contributed by atoms with Crippen LogP contribution in [0.15, 0.2) is 24.3 Å². The fourth-order valence-electron chi connectivity index (χ4n) is 2.74. The zero-order valence-electron chi connectivity index (χ0n) is 12.1. The van der Waals surface area contributed by atoms with E-state index in [1.807, 2.05) is 18.2 Å². The van der Waals surface area contributed by atoms with Gasteiger partial charge in [0, 0.05) is 24.8 Å². The van der Waals surface area contributed by atoms with E-state index < -0.39 is 0 Å². The SMILES string of the molecule is O=C(NC1CCNC1)c1cccc(OCC2CCCO2)c1. The van der Waals surface area contributed by atoms with Gasteiger partial charge in [0.15, 0.2) is 0 Å². The molecule has 2 saturated heterocycles. The lowest BCUT2D eigenvalue weighted by Crippen LogP contribution is -2.36. The first-order valence-corrected chi connectivity index (χ1v) is 7.67. The molecule has 0 bridgehead atoms. The molecule has 1 amide bonds. The van der Waals surface area contributed by atoms with Gasteiger partial charge in [-0.3, -0.25) is 4.79 Å². The molecule has 5 heteroatoms. The standard InChI is InChI=1S/C16H22N2O3/c19-16(18-13-6-7-17-10-13)12-3-1-4-14(9-12)21-11-15-5-2-8-20-15/h1,3-4,9,13,15,17H,2,5-8,10-11H2,(H,18,19). The highest BCUT2D eigenvalue weighted by Gasteiger charge is 2.18. The highest BCUT2D eigenvalue weighted by atomic mass is 16.5. The number of rotatable bonds is 5. The number of hydrogen-bond acceptors (Lipinski definition) is 4. The van der Waals surface area contributed by atoms with E-state index in [9.17, 15) is 4.79 Å². The van der Waals surface area contributed by atoms with Crippen LogP contribution in [0, 0.1) is 0 Å². The Kier molecular flexibility index (Phi) is 4.72. The molecule has 0 spiro atoms. The van der Waals surface area contributed by atoms with Crippen LogP contribution in [0.25, 0.3) is 0 Å². The second kappa shape index (κ2) is 6.91. The normalized spacial score (nSPS) is 25.0. The van der Waals surface area contributed by atoms with Crippen molar-refractivity contribution < 1.29 is 14.3 Å². The average molecular weight is 290 g/mol. The van der Waals surface area contributed by atoms with E-state index in [1.54, 1.807) is 6.07 Å². The molecule has 0 radical (unpaired) electrons. The van der Waals surface area contributed by atoms with Crippen LogP contribution in [0.1, 0.15) is 29.6 Å². The Hall–Kier alpha value is -1.59. The van der Waals surface area contributed by atoms with Crippen LogP contribution in [-0.2, 0) is 4.74 Å². The molecule has 2 aliphatic heterocycles. The molecule has 3 rings (SSSR count). The highest BCUT2D eigenvalue weighted by Crippen LogP contribution is 2.17. The van der Waals surface area contributed by atoms with Crippen LogP contribution >= 0.6 is 0 Å². The van der Waals surface area contributed by atoms with Crippen molar-refractivity contribution in [2.75, 3.05) is 26.3 Å². The summed E-state index contributed by atoms with van der Waals surface area (Å²) >= 11 is 0. The first-order valence-electron chi connectivity index (χ1n) is 7.67. The van der Waals surface area contributed by atoms with E-state index in [-0.39, 0.29) is 18.1 Å². The van der Waals surface area contributed by atoms with E-state index in [4.69, 9.17) is 9.47 Å². The first-order chi connectivity index (χ1) is 10.3. The third kappa shape index (κ3) is 3.95. The van der Waals surface area contributed by atoms with Gasteiger partial charge in [-0.2, -0.15) is 0 Å². The maximum absolute atomic E-state index is 12.2. The lowest BCUT2D eigenvalue weighted by molar-refractivity contribution is 0.0679. The van der Waals surface area contributed by atoms with E-state index in [1.165, 1.54) is 0 Å². The van der Waals surface area contributed by atoms with Crippen LogP contribution in [0.3, 0.4) is 0 Å².